The van der Waals surface area contributed by atoms with Gasteiger partial charge in [0.15, 0.2) is 0 Å². The average molecular weight is 276 g/mol. The summed E-state index contributed by atoms with van der Waals surface area (Å²) in [6.45, 7) is 0. The van der Waals surface area contributed by atoms with Crippen molar-refractivity contribution in [2.45, 2.75) is 0 Å². The van der Waals surface area contributed by atoms with Gasteiger partial charge in [-0.1, -0.05) is 23.7 Å². The molecule has 0 atom stereocenters. The Balaban J connectivity index is 1.98. The number of hydrogen-bond acceptors (Lipinski definition) is 3. The predicted molar refractivity (Wildman–Crippen MR) is 72.9 cm³/mol. The summed E-state index contributed by atoms with van der Waals surface area (Å²) in [5, 5.41) is 5.30. The third-order valence-electron chi connectivity index (χ3n) is 2.20. The minimum absolute atomic E-state index is 0.314. The number of carbonyl (C=O) groups is 2. The molecular weight excluding hydrogens is 266 g/mol. The number of benzene rings is 1. The van der Waals surface area contributed by atoms with E-state index < -0.39 is 11.8 Å². The molecule has 0 spiro atoms. The number of pyridine rings is 1. The first-order valence-electron chi connectivity index (χ1n) is 5.44. The Morgan fingerprint density at radius 3 is 2.47 bits per heavy atom. The highest BCUT2D eigenvalue weighted by atomic mass is 35.5. The molecule has 0 aliphatic carbocycles. The van der Waals surface area contributed by atoms with E-state index in [1.54, 1.807) is 42.5 Å². The minimum Gasteiger partial charge on any atom is -0.318 e. The van der Waals surface area contributed by atoms with E-state index >= 15 is 0 Å². The summed E-state index contributed by atoms with van der Waals surface area (Å²) < 4.78 is 0. The van der Waals surface area contributed by atoms with Crippen LogP contribution in [-0.2, 0) is 9.59 Å². The number of rotatable bonds is 2. The van der Waals surface area contributed by atoms with Gasteiger partial charge in [-0.15, -0.1) is 0 Å². The van der Waals surface area contributed by atoms with E-state index in [1.165, 1.54) is 6.20 Å². The smallest absolute Gasteiger partial charge is 0.315 e. The van der Waals surface area contributed by atoms with Gasteiger partial charge in [-0.2, -0.15) is 0 Å². The lowest BCUT2D eigenvalue weighted by atomic mass is 10.3. The number of anilines is 2. The summed E-state index contributed by atoms with van der Waals surface area (Å²) in [6, 6.07) is 11.5. The van der Waals surface area contributed by atoms with Crippen LogP contribution in [-0.4, -0.2) is 16.8 Å². The monoisotopic (exact) mass is 275 g/mol. The van der Waals surface area contributed by atoms with Crippen LogP contribution < -0.4 is 10.6 Å². The number of halogens is 1. The van der Waals surface area contributed by atoms with Crippen LogP contribution in [0.5, 0.6) is 0 Å². The van der Waals surface area contributed by atoms with Crippen LogP contribution in [0.25, 0.3) is 0 Å². The first-order chi connectivity index (χ1) is 9.15. The third-order valence-corrected chi connectivity index (χ3v) is 2.43. The van der Waals surface area contributed by atoms with Gasteiger partial charge in [0.25, 0.3) is 0 Å². The van der Waals surface area contributed by atoms with E-state index in [1.807, 2.05) is 0 Å². The van der Waals surface area contributed by atoms with Crippen molar-refractivity contribution < 1.29 is 9.59 Å². The van der Waals surface area contributed by atoms with Crippen molar-refractivity contribution in [1.29, 1.82) is 0 Å². The molecule has 0 fully saturated rings. The highest BCUT2D eigenvalue weighted by molar-refractivity contribution is 6.43. The lowest BCUT2D eigenvalue weighted by molar-refractivity contribution is -0.133. The van der Waals surface area contributed by atoms with Crippen LogP contribution in [0.2, 0.25) is 5.02 Å². The fourth-order valence-electron chi connectivity index (χ4n) is 1.36. The van der Waals surface area contributed by atoms with Gasteiger partial charge < -0.3 is 10.6 Å². The van der Waals surface area contributed by atoms with Crippen molar-refractivity contribution in [2.75, 3.05) is 10.6 Å². The van der Waals surface area contributed by atoms with E-state index in [0.717, 1.165) is 0 Å². The Morgan fingerprint density at radius 1 is 1.00 bits per heavy atom. The fraction of sp³-hybridized carbons (Fsp3) is 0. The summed E-state index contributed by atoms with van der Waals surface area (Å²) in [6.07, 6.45) is 1.52. The van der Waals surface area contributed by atoms with Gasteiger partial charge in [-0.05, 0) is 30.3 Å². The van der Waals surface area contributed by atoms with Crippen molar-refractivity contribution >= 4 is 34.9 Å². The topological polar surface area (TPSA) is 71.1 Å². The molecular formula is C13H10ClN3O2. The zero-order valence-electron chi connectivity index (χ0n) is 9.76. The van der Waals surface area contributed by atoms with Gasteiger partial charge in [0.1, 0.15) is 5.82 Å². The summed E-state index contributed by atoms with van der Waals surface area (Å²) in [4.78, 5) is 27.1. The quantitative estimate of drug-likeness (QED) is 0.826. The van der Waals surface area contributed by atoms with E-state index in [9.17, 15) is 9.59 Å². The molecule has 0 unspecified atom stereocenters. The lowest BCUT2D eigenvalue weighted by Crippen LogP contribution is -2.29. The number of amides is 2. The molecule has 0 saturated carbocycles. The van der Waals surface area contributed by atoms with Crippen molar-refractivity contribution in [2.24, 2.45) is 0 Å². The maximum Gasteiger partial charge on any atom is 0.315 e. The molecule has 6 heteroatoms. The number of carbonyl (C=O) groups excluding carboxylic acids is 2. The molecule has 0 aliphatic heterocycles. The molecule has 0 bridgehead atoms. The normalized spacial score (nSPS) is 9.74. The van der Waals surface area contributed by atoms with Crippen LogP contribution >= 0.6 is 11.6 Å². The Hall–Kier alpha value is -2.40. The van der Waals surface area contributed by atoms with Crippen LogP contribution in [0.4, 0.5) is 11.5 Å². The molecule has 5 nitrogen and oxygen atoms in total. The van der Waals surface area contributed by atoms with Crippen molar-refractivity contribution in [3.8, 4) is 0 Å². The Kier molecular flexibility index (Phi) is 4.10. The summed E-state index contributed by atoms with van der Waals surface area (Å²) >= 11 is 5.78. The number of nitrogens with one attached hydrogen (secondary N) is 2. The number of hydrogen-bond donors (Lipinski definition) is 2. The Morgan fingerprint density at radius 2 is 1.79 bits per heavy atom. The highest BCUT2D eigenvalue weighted by Gasteiger charge is 2.14. The second kappa shape index (κ2) is 5.97. The van der Waals surface area contributed by atoms with Gasteiger partial charge in [-0.3, -0.25) is 9.59 Å². The Bertz CT molecular complexity index is 602. The second-order valence-corrected chi connectivity index (χ2v) is 4.07. The minimum atomic E-state index is -0.793. The maximum absolute atomic E-state index is 11.6. The van der Waals surface area contributed by atoms with Gasteiger partial charge in [0, 0.05) is 16.9 Å². The molecule has 0 radical (unpaired) electrons. The average Bonchev–Trinajstić information content (AvgIpc) is 2.40. The molecule has 2 aromatic rings. The molecule has 2 rings (SSSR count). The molecule has 2 N–H and O–H groups in total. The van der Waals surface area contributed by atoms with Crippen LogP contribution in [0.1, 0.15) is 0 Å². The standard InChI is InChI=1S/C13H10ClN3O2/c14-9-4-3-5-10(8-9)16-12(18)13(19)17-11-6-1-2-7-15-11/h1-8H,(H,16,18)(H,15,17,19). The number of aromatic nitrogens is 1. The molecule has 19 heavy (non-hydrogen) atoms. The van der Waals surface area contributed by atoms with Gasteiger partial charge >= 0.3 is 11.8 Å². The van der Waals surface area contributed by atoms with E-state index in [0.29, 0.717) is 16.5 Å². The van der Waals surface area contributed by atoms with Crippen molar-refractivity contribution in [3.63, 3.8) is 0 Å². The SMILES string of the molecule is O=C(Nc1cccc(Cl)c1)C(=O)Nc1ccccn1. The zero-order chi connectivity index (χ0) is 13.7. The van der Waals surface area contributed by atoms with Gasteiger partial charge in [0.2, 0.25) is 0 Å². The second-order valence-electron chi connectivity index (χ2n) is 3.63. The summed E-state index contributed by atoms with van der Waals surface area (Å²) in [5.74, 6) is -1.26. The van der Waals surface area contributed by atoms with Crippen molar-refractivity contribution in [3.05, 3.63) is 53.7 Å². The molecule has 0 saturated heterocycles. The summed E-state index contributed by atoms with van der Waals surface area (Å²) in [5.41, 5.74) is 0.452. The lowest BCUT2D eigenvalue weighted by Gasteiger charge is -2.05. The molecule has 1 aromatic carbocycles. The third kappa shape index (κ3) is 3.79. The van der Waals surface area contributed by atoms with Crippen LogP contribution in [0.3, 0.4) is 0 Å². The van der Waals surface area contributed by atoms with Crippen LogP contribution in [0, 0.1) is 0 Å². The first kappa shape index (κ1) is 13.0. The van der Waals surface area contributed by atoms with Gasteiger partial charge in [0.05, 0.1) is 0 Å². The van der Waals surface area contributed by atoms with E-state index in [4.69, 9.17) is 11.6 Å². The molecule has 1 heterocycles. The summed E-state index contributed by atoms with van der Waals surface area (Å²) in [7, 11) is 0. The zero-order valence-corrected chi connectivity index (χ0v) is 10.5. The van der Waals surface area contributed by atoms with Crippen LogP contribution in [0.15, 0.2) is 48.7 Å². The first-order valence-corrected chi connectivity index (χ1v) is 5.82. The maximum atomic E-state index is 11.6. The van der Waals surface area contributed by atoms with E-state index in [-0.39, 0.29) is 0 Å². The molecule has 0 aliphatic rings. The molecule has 1 aromatic heterocycles. The molecule has 2 amide bonds. The molecule has 96 valence electrons. The van der Waals surface area contributed by atoms with E-state index in [2.05, 4.69) is 15.6 Å². The van der Waals surface area contributed by atoms with Gasteiger partial charge in [-0.25, -0.2) is 4.98 Å². The highest BCUT2D eigenvalue weighted by Crippen LogP contribution is 2.14. The predicted octanol–water partition coefficient (Wildman–Crippen LogP) is 2.31. The fourth-order valence-corrected chi connectivity index (χ4v) is 1.55. The van der Waals surface area contributed by atoms with Crippen molar-refractivity contribution in [1.82, 2.24) is 4.98 Å². The Labute approximate surface area is 114 Å². The largest absolute Gasteiger partial charge is 0.318 e. The number of nitrogens with zero attached hydrogens (tertiary/aromatic N) is 1.